The number of aliphatic carboxylic acids is 1. The van der Waals surface area contributed by atoms with E-state index in [4.69, 9.17) is 33.4 Å². The average Bonchev–Trinajstić information content (AvgIpc) is 3.04. The van der Waals surface area contributed by atoms with Crippen molar-refractivity contribution < 1.29 is 29.7 Å². The van der Waals surface area contributed by atoms with E-state index in [1.807, 2.05) is 26.1 Å². The second kappa shape index (κ2) is 20.3. The second-order valence-corrected chi connectivity index (χ2v) is 11.7. The second-order valence-electron chi connectivity index (χ2n) is 10.8. The highest BCUT2D eigenvalue weighted by Crippen LogP contribution is 2.28. The number of carboxylic acids is 1. The summed E-state index contributed by atoms with van der Waals surface area (Å²) in [6.45, 7) is 4.10. The summed E-state index contributed by atoms with van der Waals surface area (Å²) in [5, 5.41) is 32.1. The number of nitrogens with one attached hydrogen (secondary N) is 2. The van der Waals surface area contributed by atoms with Gasteiger partial charge in [-0.05, 0) is 98.2 Å². The summed E-state index contributed by atoms with van der Waals surface area (Å²) in [5.41, 5.74) is 5.94. The van der Waals surface area contributed by atoms with Gasteiger partial charge in [0.05, 0.1) is 12.6 Å². The van der Waals surface area contributed by atoms with Crippen molar-refractivity contribution in [1.29, 1.82) is 0 Å². The molecule has 1 aliphatic carbocycles. The van der Waals surface area contributed by atoms with Crippen molar-refractivity contribution in [3.8, 4) is 0 Å². The number of carbonyl (C=O) groups excluding carboxylic acids is 2. The Bertz CT molecular complexity index is 1410. The third kappa shape index (κ3) is 14.0. The molecule has 0 saturated carbocycles. The molecule has 3 aromatic carbocycles. The third-order valence-electron chi connectivity index (χ3n) is 7.03. The molecule has 4 rings (SSSR count). The van der Waals surface area contributed by atoms with Gasteiger partial charge >= 0.3 is 5.97 Å². The average molecular weight is 673 g/mol. The number of carboxylic acid groups (broad SMARTS) is 1. The quantitative estimate of drug-likeness (QED) is 0.141. The Kier molecular flexibility index (Phi) is 16.9. The minimum Gasteiger partial charge on any atom is -0.479 e. The lowest BCUT2D eigenvalue weighted by Crippen LogP contribution is -2.36. The first-order valence-corrected chi connectivity index (χ1v) is 15.8. The first kappa shape index (κ1) is 38.3. The van der Waals surface area contributed by atoms with Crippen LogP contribution in [0.1, 0.15) is 67.4 Å². The van der Waals surface area contributed by atoms with E-state index in [0.29, 0.717) is 34.3 Å². The van der Waals surface area contributed by atoms with E-state index >= 15 is 0 Å². The zero-order valence-electron chi connectivity index (χ0n) is 26.4. The van der Waals surface area contributed by atoms with Crippen molar-refractivity contribution in [2.24, 2.45) is 0 Å². The Balaban J connectivity index is 0.000000378. The summed E-state index contributed by atoms with van der Waals surface area (Å²) in [4.78, 5) is 34.8. The number of benzene rings is 3. The van der Waals surface area contributed by atoms with Gasteiger partial charge in [0.25, 0.3) is 5.91 Å². The zero-order chi connectivity index (χ0) is 34.1. The van der Waals surface area contributed by atoms with Crippen LogP contribution in [0.15, 0.2) is 72.8 Å². The number of aliphatic hydroxyl groups excluding tert-OH is 2. The van der Waals surface area contributed by atoms with Crippen molar-refractivity contribution in [3.05, 3.63) is 99.5 Å². The van der Waals surface area contributed by atoms with E-state index in [-0.39, 0.29) is 12.6 Å². The first-order chi connectivity index (χ1) is 21.9. The van der Waals surface area contributed by atoms with Crippen LogP contribution in [0, 0.1) is 0 Å². The van der Waals surface area contributed by atoms with Gasteiger partial charge in [0.2, 0.25) is 6.41 Å². The van der Waals surface area contributed by atoms with Crippen molar-refractivity contribution >= 4 is 58.4 Å². The molecule has 11 heteroatoms. The summed E-state index contributed by atoms with van der Waals surface area (Å²) in [6.07, 6.45) is 6.94. The number of allylic oxidation sites excluding steroid dienone is 2. The smallest absolute Gasteiger partial charge is 0.334 e. The normalized spacial score (nSPS) is 13.3. The lowest BCUT2D eigenvalue weighted by Gasteiger charge is -2.21. The zero-order valence-corrected chi connectivity index (χ0v) is 27.9. The highest BCUT2D eigenvalue weighted by molar-refractivity contribution is 6.35. The Morgan fingerprint density at radius 1 is 0.978 bits per heavy atom. The number of rotatable bonds is 11. The molecule has 2 amide bonds. The molecule has 1 aliphatic rings. The van der Waals surface area contributed by atoms with Gasteiger partial charge in [-0.3, -0.25) is 9.59 Å². The predicted molar refractivity (Wildman–Crippen MR) is 186 cm³/mol. The molecule has 3 aromatic rings. The summed E-state index contributed by atoms with van der Waals surface area (Å²) in [7, 11) is 2.03. The van der Waals surface area contributed by atoms with Crippen molar-refractivity contribution in [2.75, 3.05) is 23.8 Å². The lowest BCUT2D eigenvalue weighted by molar-refractivity contribution is -0.146. The van der Waals surface area contributed by atoms with Crippen LogP contribution in [0.3, 0.4) is 0 Å². The molecular weight excluding hydrogens is 629 g/mol. The molecular formula is C35H43Cl2N3O6. The van der Waals surface area contributed by atoms with Crippen LogP contribution in [0.5, 0.6) is 0 Å². The Morgan fingerprint density at radius 2 is 1.59 bits per heavy atom. The minimum atomic E-state index is -1.61. The van der Waals surface area contributed by atoms with Crippen molar-refractivity contribution in [1.82, 2.24) is 5.32 Å². The van der Waals surface area contributed by atoms with Gasteiger partial charge in [-0.1, -0.05) is 60.5 Å². The standard InChI is InChI=1S/C24H28N2O4.C7H5Cl2NO.C4H10O/c1-26(21-13-11-19(12-14-21)18-5-3-2-4-6-18)16-17-7-9-20(10-8-17)23(28)25-15-22(27)24(29)30;8-5-1-6(9)3-7(2-5)10-4-11;1-3-4(2)5/h5,7-14,22,27H,2-4,6,15-16H2,1H3,(H,25,28)(H,29,30);1-4H,(H,10,11);4-5H,3H2,1-2H3. The fourth-order valence-corrected chi connectivity index (χ4v) is 4.77. The van der Waals surface area contributed by atoms with Crippen molar-refractivity contribution in [3.63, 3.8) is 0 Å². The molecule has 0 fully saturated rings. The largest absolute Gasteiger partial charge is 0.479 e. The van der Waals surface area contributed by atoms with Gasteiger partial charge in [0.15, 0.2) is 6.10 Å². The fraction of sp³-hybridized carbons (Fsp3) is 0.343. The van der Waals surface area contributed by atoms with Gasteiger partial charge in [-0.2, -0.15) is 0 Å². The predicted octanol–water partition coefficient (Wildman–Crippen LogP) is 6.79. The van der Waals surface area contributed by atoms with Crippen LogP contribution >= 0.6 is 23.2 Å². The van der Waals surface area contributed by atoms with Gasteiger partial charge in [0.1, 0.15) is 0 Å². The number of hydrogen-bond donors (Lipinski definition) is 5. The summed E-state index contributed by atoms with van der Waals surface area (Å²) in [6, 6.07) is 20.6. The molecule has 0 heterocycles. The summed E-state index contributed by atoms with van der Waals surface area (Å²) < 4.78 is 0. The van der Waals surface area contributed by atoms with E-state index in [9.17, 15) is 19.5 Å². The number of anilines is 2. The molecule has 2 atom stereocenters. The Labute approximate surface area is 280 Å². The van der Waals surface area contributed by atoms with E-state index in [0.717, 1.165) is 24.1 Å². The van der Waals surface area contributed by atoms with Crippen LogP contribution in [-0.4, -0.2) is 59.4 Å². The monoisotopic (exact) mass is 671 g/mol. The first-order valence-electron chi connectivity index (χ1n) is 15.1. The molecule has 0 aromatic heterocycles. The van der Waals surface area contributed by atoms with Crippen LogP contribution < -0.4 is 15.5 Å². The number of nitrogens with zero attached hydrogens (tertiary/aromatic N) is 1. The molecule has 0 radical (unpaired) electrons. The maximum Gasteiger partial charge on any atom is 0.334 e. The van der Waals surface area contributed by atoms with Crippen LogP contribution in [-0.2, 0) is 16.1 Å². The highest BCUT2D eigenvalue weighted by Gasteiger charge is 2.15. The van der Waals surface area contributed by atoms with Gasteiger partial charge in [-0.15, -0.1) is 0 Å². The minimum absolute atomic E-state index is 0.116. The van der Waals surface area contributed by atoms with Crippen LogP contribution in [0.2, 0.25) is 10.0 Å². The van der Waals surface area contributed by atoms with E-state index in [2.05, 4.69) is 45.9 Å². The van der Waals surface area contributed by atoms with E-state index < -0.39 is 18.0 Å². The fourth-order valence-electron chi connectivity index (χ4n) is 4.24. The molecule has 0 saturated heterocycles. The maximum atomic E-state index is 12.1. The Hall–Kier alpha value is -3.89. The van der Waals surface area contributed by atoms with Crippen LogP contribution in [0.4, 0.5) is 11.4 Å². The molecule has 0 spiro atoms. The number of hydrogen-bond acceptors (Lipinski definition) is 6. The van der Waals surface area contributed by atoms with Gasteiger partial charge < -0.3 is 30.9 Å². The molecule has 46 heavy (non-hydrogen) atoms. The SMILES string of the molecule is CCC(C)O.CN(Cc1ccc(C(=O)NCC(O)C(=O)O)cc1)c1ccc(C2=CCCCC2)cc1.O=CNc1cc(Cl)cc(Cl)c1. The molecule has 0 aliphatic heterocycles. The molecule has 5 N–H and O–H groups in total. The van der Waals surface area contributed by atoms with Gasteiger partial charge in [-0.25, -0.2) is 4.79 Å². The number of carbonyl (C=O) groups is 3. The maximum absolute atomic E-state index is 12.1. The molecule has 9 nitrogen and oxygen atoms in total. The topological polar surface area (TPSA) is 139 Å². The van der Waals surface area contributed by atoms with Crippen LogP contribution in [0.25, 0.3) is 5.57 Å². The van der Waals surface area contributed by atoms with E-state index in [1.165, 1.54) is 30.4 Å². The molecule has 0 bridgehead atoms. The van der Waals surface area contributed by atoms with E-state index in [1.54, 1.807) is 37.3 Å². The van der Waals surface area contributed by atoms with Gasteiger partial charge in [0, 0.05) is 40.6 Å². The summed E-state index contributed by atoms with van der Waals surface area (Å²) >= 11 is 11.3. The van der Waals surface area contributed by atoms with Crippen molar-refractivity contribution in [2.45, 2.75) is 64.7 Å². The Morgan fingerprint density at radius 3 is 2.09 bits per heavy atom. The number of amides is 2. The highest BCUT2D eigenvalue weighted by atomic mass is 35.5. The lowest BCUT2D eigenvalue weighted by atomic mass is 9.93. The molecule has 2 unspecified atom stereocenters. The molecule has 248 valence electrons. The number of halogens is 2. The number of aliphatic hydroxyl groups is 2. The third-order valence-corrected chi connectivity index (χ3v) is 7.46. The summed E-state index contributed by atoms with van der Waals surface area (Å²) in [5.74, 6) is -1.78.